The van der Waals surface area contributed by atoms with Crippen LogP contribution in [0.1, 0.15) is 44.6 Å². The number of rotatable bonds is 6. The van der Waals surface area contributed by atoms with E-state index in [2.05, 4.69) is 17.1 Å². The standard InChI is InChI=1S/C22H21F3N2O.C10H15NO2/c23-16-6-3-4-14(11-16)10-15-5-1-2-7-18(20(26)13-28)22(15)27-21-9-8-17(24)12-19(21)25;1-2-13-10(12)8-6-3-4-7(5-6)9(8)11/h3-4,6,8-9,11-13,15H,1-2,5,7,10,26H2;3-4,6-9H,2,5,11H2,1H3/b20-18-,27-22?;/t;6?,7?,8-,9+/m.0/s1. The van der Waals surface area contributed by atoms with Gasteiger partial charge in [0.2, 0.25) is 0 Å². The number of allylic oxidation sites excluding steroid dienone is 3. The van der Waals surface area contributed by atoms with Crippen molar-refractivity contribution in [2.75, 3.05) is 6.61 Å². The van der Waals surface area contributed by atoms with Gasteiger partial charge >= 0.3 is 5.97 Å². The summed E-state index contributed by atoms with van der Waals surface area (Å²) < 4.78 is 46.1. The average molecular weight is 568 g/mol. The predicted molar refractivity (Wildman–Crippen MR) is 152 cm³/mol. The molecular weight excluding hydrogens is 531 g/mol. The fourth-order valence-electron chi connectivity index (χ4n) is 6.01. The van der Waals surface area contributed by atoms with Crippen LogP contribution in [0.5, 0.6) is 0 Å². The van der Waals surface area contributed by atoms with Crippen molar-refractivity contribution in [3.63, 3.8) is 0 Å². The van der Waals surface area contributed by atoms with E-state index < -0.39 is 11.6 Å². The first kappa shape index (κ1) is 30.2. The second-order valence-electron chi connectivity index (χ2n) is 10.7. The number of aldehydes is 1. The quantitative estimate of drug-likeness (QED) is 0.153. The van der Waals surface area contributed by atoms with Crippen molar-refractivity contribution in [2.24, 2.45) is 40.1 Å². The third-order valence-electron chi connectivity index (χ3n) is 8.00. The fraction of sp³-hybridized carbons (Fsp3) is 0.406. The molecule has 3 aliphatic carbocycles. The maximum absolute atomic E-state index is 14.2. The predicted octanol–water partition coefficient (Wildman–Crippen LogP) is 5.72. The molecule has 2 aromatic rings. The Morgan fingerprint density at radius 1 is 1.07 bits per heavy atom. The van der Waals surface area contributed by atoms with E-state index in [-0.39, 0.29) is 41.0 Å². The van der Waals surface area contributed by atoms with E-state index in [1.165, 1.54) is 18.2 Å². The molecule has 0 radical (unpaired) electrons. The maximum Gasteiger partial charge on any atom is 0.311 e. The van der Waals surface area contributed by atoms with Crippen molar-refractivity contribution >= 4 is 23.7 Å². The van der Waals surface area contributed by atoms with Crippen LogP contribution in [0.3, 0.4) is 0 Å². The van der Waals surface area contributed by atoms with Gasteiger partial charge in [0.15, 0.2) is 12.1 Å². The Bertz CT molecular complexity index is 1360. The summed E-state index contributed by atoms with van der Waals surface area (Å²) in [5, 5.41) is 0. The Morgan fingerprint density at radius 2 is 1.83 bits per heavy atom. The van der Waals surface area contributed by atoms with Crippen molar-refractivity contribution in [1.82, 2.24) is 0 Å². The van der Waals surface area contributed by atoms with Crippen LogP contribution in [0.2, 0.25) is 0 Å². The van der Waals surface area contributed by atoms with Crippen molar-refractivity contribution in [3.8, 4) is 0 Å². The molecule has 2 fully saturated rings. The number of aliphatic imine (C=N–C) groups is 1. The summed E-state index contributed by atoms with van der Waals surface area (Å²) in [5.41, 5.74) is 13.8. The number of benzene rings is 2. The molecule has 41 heavy (non-hydrogen) atoms. The van der Waals surface area contributed by atoms with Crippen LogP contribution in [0, 0.1) is 41.1 Å². The first-order valence-electron chi connectivity index (χ1n) is 14.0. The number of carbonyl (C=O) groups is 2. The molecule has 0 saturated heterocycles. The second-order valence-corrected chi connectivity index (χ2v) is 10.7. The number of carbonyl (C=O) groups excluding carboxylic acids is 2. The molecule has 0 spiro atoms. The molecule has 0 aromatic heterocycles. The molecule has 0 heterocycles. The lowest BCUT2D eigenvalue weighted by Gasteiger charge is -2.22. The highest BCUT2D eigenvalue weighted by molar-refractivity contribution is 6.06. The molecule has 9 heteroatoms. The molecular formula is C32H36F3N3O3. The molecule has 3 unspecified atom stereocenters. The van der Waals surface area contributed by atoms with Gasteiger partial charge in [-0.2, -0.15) is 0 Å². The van der Waals surface area contributed by atoms with Gasteiger partial charge in [0, 0.05) is 29.3 Å². The van der Waals surface area contributed by atoms with Gasteiger partial charge in [0.1, 0.15) is 11.6 Å². The van der Waals surface area contributed by atoms with Crippen molar-refractivity contribution in [2.45, 2.75) is 51.5 Å². The Morgan fingerprint density at radius 3 is 2.49 bits per heavy atom. The third kappa shape index (κ3) is 7.33. The smallest absolute Gasteiger partial charge is 0.311 e. The second kappa shape index (κ2) is 13.8. The number of nitrogens with two attached hydrogens (primary N) is 2. The van der Waals surface area contributed by atoms with Crippen LogP contribution in [-0.4, -0.2) is 30.6 Å². The Labute approximate surface area is 238 Å². The van der Waals surface area contributed by atoms with E-state index in [1.54, 1.807) is 6.07 Å². The number of halogens is 3. The lowest BCUT2D eigenvalue weighted by atomic mass is 9.88. The van der Waals surface area contributed by atoms with Crippen LogP contribution in [-0.2, 0) is 20.7 Å². The van der Waals surface area contributed by atoms with Gasteiger partial charge in [-0.3, -0.25) is 9.59 Å². The molecule has 0 aliphatic heterocycles. The molecule has 3 aliphatic rings. The van der Waals surface area contributed by atoms with Crippen molar-refractivity contribution < 1.29 is 27.5 Å². The lowest BCUT2D eigenvalue weighted by molar-refractivity contribution is -0.149. The Balaban J connectivity index is 0.000000247. The molecule has 2 aromatic carbocycles. The van der Waals surface area contributed by atoms with Crippen LogP contribution in [0.25, 0.3) is 0 Å². The molecule has 2 bridgehead atoms. The van der Waals surface area contributed by atoms with Gasteiger partial charge in [-0.25, -0.2) is 18.2 Å². The summed E-state index contributed by atoms with van der Waals surface area (Å²) in [6.45, 7) is 2.27. The third-order valence-corrected chi connectivity index (χ3v) is 8.00. The van der Waals surface area contributed by atoms with Crippen molar-refractivity contribution in [1.29, 1.82) is 0 Å². The summed E-state index contributed by atoms with van der Waals surface area (Å²) in [5.74, 6) is -1.45. The van der Waals surface area contributed by atoms with Gasteiger partial charge in [-0.05, 0) is 80.7 Å². The minimum atomic E-state index is -0.787. The van der Waals surface area contributed by atoms with Crippen LogP contribution in [0.4, 0.5) is 18.9 Å². The van der Waals surface area contributed by atoms with E-state index in [9.17, 15) is 22.8 Å². The Kier molecular flexibility index (Phi) is 10.2. The number of nitrogens with zero attached hydrogens (tertiary/aromatic N) is 1. The number of hydrogen-bond acceptors (Lipinski definition) is 6. The molecule has 0 amide bonds. The minimum Gasteiger partial charge on any atom is -0.466 e. The van der Waals surface area contributed by atoms with Gasteiger partial charge in [-0.1, -0.05) is 30.7 Å². The normalized spacial score (nSPS) is 27.1. The highest BCUT2D eigenvalue weighted by Crippen LogP contribution is 2.43. The molecule has 218 valence electrons. The highest BCUT2D eigenvalue weighted by atomic mass is 19.1. The fourth-order valence-corrected chi connectivity index (χ4v) is 6.01. The van der Waals surface area contributed by atoms with E-state index in [4.69, 9.17) is 16.2 Å². The number of esters is 1. The van der Waals surface area contributed by atoms with Gasteiger partial charge < -0.3 is 16.2 Å². The Hall–Kier alpha value is -3.72. The topological polar surface area (TPSA) is 108 Å². The zero-order valence-electron chi connectivity index (χ0n) is 23.1. The zero-order chi connectivity index (χ0) is 29.5. The molecule has 5 atom stereocenters. The monoisotopic (exact) mass is 567 g/mol. The number of hydrogen-bond donors (Lipinski definition) is 2. The van der Waals surface area contributed by atoms with E-state index >= 15 is 0 Å². The summed E-state index contributed by atoms with van der Waals surface area (Å²) in [6, 6.07) is 9.41. The molecule has 2 saturated carbocycles. The minimum absolute atomic E-state index is 0.0151. The number of fused-ring (bicyclic) bond motifs is 2. The van der Waals surface area contributed by atoms with Crippen LogP contribution < -0.4 is 11.5 Å². The lowest BCUT2D eigenvalue weighted by Crippen LogP contribution is -2.39. The van der Waals surface area contributed by atoms with Crippen LogP contribution >= 0.6 is 0 Å². The van der Waals surface area contributed by atoms with E-state index in [0.717, 1.165) is 43.4 Å². The van der Waals surface area contributed by atoms with Gasteiger partial charge in [-0.15, -0.1) is 0 Å². The molecule has 6 nitrogen and oxygen atoms in total. The van der Waals surface area contributed by atoms with E-state index in [0.29, 0.717) is 48.9 Å². The maximum atomic E-state index is 14.2. The van der Waals surface area contributed by atoms with Crippen molar-refractivity contribution in [3.05, 3.63) is 88.9 Å². The molecule has 5 rings (SSSR count). The largest absolute Gasteiger partial charge is 0.466 e. The average Bonchev–Trinajstić information content (AvgIpc) is 3.48. The van der Waals surface area contributed by atoms with Gasteiger partial charge in [0.05, 0.1) is 23.9 Å². The summed E-state index contributed by atoms with van der Waals surface area (Å²) in [4.78, 5) is 27.3. The number of ether oxygens (including phenoxy) is 1. The first-order chi connectivity index (χ1) is 19.7. The van der Waals surface area contributed by atoms with E-state index in [1.807, 2.05) is 13.0 Å². The summed E-state index contributed by atoms with van der Waals surface area (Å²) in [6.07, 6.45) is 9.30. The zero-order valence-corrected chi connectivity index (χ0v) is 23.1. The van der Waals surface area contributed by atoms with Gasteiger partial charge in [0.25, 0.3) is 0 Å². The highest BCUT2D eigenvalue weighted by Gasteiger charge is 2.47. The molecule has 4 N–H and O–H groups in total. The summed E-state index contributed by atoms with van der Waals surface area (Å²) >= 11 is 0. The summed E-state index contributed by atoms with van der Waals surface area (Å²) in [7, 11) is 0. The van der Waals surface area contributed by atoms with Crippen LogP contribution in [0.15, 0.2) is 70.9 Å². The SMILES string of the molecule is CCOC(=O)[C@H]1C2C=CC(C2)[C@H]1N.N/C(C=O)=C1/CCCCC(Cc2cccc(F)c2)C1=Nc1ccc(F)cc1F. The first-order valence-corrected chi connectivity index (χ1v) is 14.0.